The summed E-state index contributed by atoms with van der Waals surface area (Å²) in [5.74, 6) is 5.84. The van der Waals surface area contributed by atoms with E-state index in [0.717, 1.165) is 35.5 Å². The predicted molar refractivity (Wildman–Crippen MR) is 118 cm³/mol. The normalized spacial score (nSPS) is 45.0. The monoisotopic (exact) mass is 370 g/mol. The molecule has 0 amide bonds. The molecule has 0 nitrogen and oxygen atoms in total. The second-order valence-corrected chi connectivity index (χ2v) is 12.0. The lowest BCUT2D eigenvalue weighted by Crippen LogP contribution is -2.50. The van der Waals surface area contributed by atoms with Crippen LogP contribution in [0.2, 0.25) is 0 Å². The molecule has 0 heteroatoms. The molecule has 3 saturated carbocycles. The molecular weight excluding hydrogens is 324 g/mol. The average molecular weight is 371 g/mol. The first kappa shape index (κ1) is 20.0. The molecule has 0 radical (unpaired) electrons. The minimum absolute atomic E-state index is 0.573. The maximum Gasteiger partial charge on any atom is -0.00853 e. The second kappa shape index (κ2) is 7.53. The molecule has 0 saturated heterocycles. The summed E-state index contributed by atoms with van der Waals surface area (Å²) in [6.07, 6.45) is 20.5. The number of fused-ring (bicyclic) bond motifs is 5. The molecule has 7 atom stereocenters. The lowest BCUT2D eigenvalue weighted by molar-refractivity contribution is -0.0500. The predicted octanol–water partition coefficient (Wildman–Crippen LogP) is 8.42. The average Bonchev–Trinajstić information content (AvgIpc) is 2.98. The molecule has 0 aromatic heterocycles. The van der Waals surface area contributed by atoms with E-state index in [1.807, 2.05) is 5.57 Å². The van der Waals surface area contributed by atoms with E-state index >= 15 is 0 Å². The van der Waals surface area contributed by atoms with Crippen LogP contribution in [0.15, 0.2) is 11.6 Å². The molecule has 0 bridgehead atoms. The Bertz CT molecular complexity index is 556. The Kier molecular flexibility index (Phi) is 5.59. The Morgan fingerprint density at radius 3 is 2.56 bits per heavy atom. The van der Waals surface area contributed by atoms with Crippen molar-refractivity contribution >= 4 is 0 Å². The number of rotatable bonds is 5. The molecule has 0 heterocycles. The van der Waals surface area contributed by atoms with E-state index in [1.54, 1.807) is 0 Å². The lowest BCUT2D eigenvalue weighted by Gasteiger charge is -2.58. The highest BCUT2D eigenvalue weighted by molar-refractivity contribution is 5.24. The Balaban J connectivity index is 1.49. The molecule has 154 valence electrons. The van der Waals surface area contributed by atoms with Gasteiger partial charge in [-0.2, -0.15) is 0 Å². The second-order valence-electron chi connectivity index (χ2n) is 12.0. The van der Waals surface area contributed by atoms with Crippen LogP contribution in [0.25, 0.3) is 0 Å². The summed E-state index contributed by atoms with van der Waals surface area (Å²) in [7, 11) is 0. The number of hydrogen-bond acceptors (Lipinski definition) is 0. The summed E-state index contributed by atoms with van der Waals surface area (Å²) < 4.78 is 0. The van der Waals surface area contributed by atoms with Crippen molar-refractivity contribution in [3.8, 4) is 0 Å². The quantitative estimate of drug-likeness (QED) is 0.426. The fourth-order valence-corrected chi connectivity index (χ4v) is 8.72. The largest absolute Gasteiger partial charge is 0.0845 e. The molecule has 0 aromatic rings. The van der Waals surface area contributed by atoms with Crippen molar-refractivity contribution in [1.29, 1.82) is 0 Å². The molecular formula is C27H46. The maximum atomic E-state index is 2.74. The summed E-state index contributed by atoms with van der Waals surface area (Å²) in [5.41, 5.74) is 3.09. The van der Waals surface area contributed by atoms with Gasteiger partial charge in [-0.25, -0.2) is 0 Å². The molecule has 0 N–H and O–H groups in total. The zero-order valence-electron chi connectivity index (χ0n) is 19.0. The zero-order chi connectivity index (χ0) is 19.2. The first-order valence-electron chi connectivity index (χ1n) is 12.6. The smallest absolute Gasteiger partial charge is 0.00853 e. The lowest BCUT2D eigenvalue weighted by atomic mass is 9.47. The Morgan fingerprint density at radius 2 is 1.78 bits per heavy atom. The molecule has 4 aliphatic rings. The molecule has 0 aliphatic heterocycles. The van der Waals surface area contributed by atoms with Gasteiger partial charge >= 0.3 is 0 Å². The summed E-state index contributed by atoms with van der Waals surface area (Å²) >= 11 is 0. The number of hydrogen-bond donors (Lipinski definition) is 0. The van der Waals surface area contributed by atoms with Gasteiger partial charge in [-0.15, -0.1) is 0 Å². The van der Waals surface area contributed by atoms with Gasteiger partial charge in [-0.05, 0) is 97.7 Å². The first-order valence-corrected chi connectivity index (χ1v) is 12.6. The van der Waals surface area contributed by atoms with Gasteiger partial charge in [-0.3, -0.25) is 0 Å². The van der Waals surface area contributed by atoms with Gasteiger partial charge in [0, 0.05) is 0 Å². The van der Waals surface area contributed by atoms with Crippen molar-refractivity contribution in [2.75, 3.05) is 0 Å². The van der Waals surface area contributed by atoms with E-state index < -0.39 is 0 Å². The van der Waals surface area contributed by atoms with Crippen LogP contribution < -0.4 is 0 Å². The summed E-state index contributed by atoms with van der Waals surface area (Å²) in [5, 5.41) is 0. The Labute approximate surface area is 170 Å². The van der Waals surface area contributed by atoms with E-state index in [0.29, 0.717) is 10.8 Å². The summed E-state index contributed by atoms with van der Waals surface area (Å²) in [6.45, 7) is 12.8. The first-order chi connectivity index (χ1) is 12.9. The van der Waals surface area contributed by atoms with Crippen molar-refractivity contribution in [1.82, 2.24) is 0 Å². The molecule has 27 heavy (non-hydrogen) atoms. The van der Waals surface area contributed by atoms with Crippen LogP contribution in [0.4, 0.5) is 0 Å². The van der Waals surface area contributed by atoms with Crippen LogP contribution in [0.1, 0.15) is 112 Å². The topological polar surface area (TPSA) is 0 Å². The van der Waals surface area contributed by atoms with Crippen LogP contribution in [0.3, 0.4) is 0 Å². The minimum Gasteiger partial charge on any atom is -0.0845 e. The van der Waals surface area contributed by atoms with Gasteiger partial charge in [0.2, 0.25) is 0 Å². The third-order valence-corrected chi connectivity index (χ3v) is 10.2. The van der Waals surface area contributed by atoms with Crippen molar-refractivity contribution in [2.45, 2.75) is 112 Å². The van der Waals surface area contributed by atoms with E-state index in [4.69, 9.17) is 0 Å². The van der Waals surface area contributed by atoms with E-state index in [9.17, 15) is 0 Å². The van der Waals surface area contributed by atoms with Gasteiger partial charge in [0.25, 0.3) is 0 Å². The van der Waals surface area contributed by atoms with Crippen molar-refractivity contribution < 1.29 is 0 Å². The van der Waals surface area contributed by atoms with Crippen LogP contribution in [-0.2, 0) is 0 Å². The molecule has 6 unspecified atom stereocenters. The van der Waals surface area contributed by atoms with Gasteiger partial charge in [0.05, 0.1) is 0 Å². The van der Waals surface area contributed by atoms with Crippen LogP contribution in [-0.4, -0.2) is 0 Å². The fraction of sp³-hybridized carbons (Fsp3) is 0.926. The van der Waals surface area contributed by atoms with Crippen molar-refractivity contribution in [2.24, 2.45) is 46.3 Å². The van der Waals surface area contributed by atoms with Gasteiger partial charge in [0.1, 0.15) is 0 Å². The molecule has 0 spiro atoms. The number of allylic oxidation sites excluding steroid dienone is 2. The molecule has 0 aromatic carbocycles. The fourth-order valence-electron chi connectivity index (χ4n) is 8.72. The zero-order valence-corrected chi connectivity index (χ0v) is 19.0. The van der Waals surface area contributed by atoms with E-state index in [2.05, 4.69) is 40.7 Å². The summed E-state index contributed by atoms with van der Waals surface area (Å²) in [6, 6.07) is 0. The third-order valence-electron chi connectivity index (χ3n) is 10.2. The van der Waals surface area contributed by atoms with Crippen LogP contribution in [0, 0.1) is 46.3 Å². The molecule has 3 fully saturated rings. The summed E-state index contributed by atoms with van der Waals surface area (Å²) in [4.78, 5) is 0. The highest BCUT2D eigenvalue weighted by Gasteiger charge is 2.58. The third kappa shape index (κ3) is 3.36. The van der Waals surface area contributed by atoms with Crippen LogP contribution in [0.5, 0.6) is 0 Å². The standard InChI is InChI=1S/C27H46/c1-19(2)9-8-10-20(3)23-14-15-24-22-13-12-21-11-6-7-17-26(21,4)25(22)16-18-27(23,24)5/h12,19-20,22-25H,6-11,13-18H2,1-5H3/t20-,22?,23?,24?,25?,26?,27?/m1/s1. The Morgan fingerprint density at radius 1 is 0.963 bits per heavy atom. The van der Waals surface area contributed by atoms with E-state index in [1.165, 1.54) is 77.0 Å². The van der Waals surface area contributed by atoms with Crippen LogP contribution >= 0.6 is 0 Å². The highest BCUT2D eigenvalue weighted by Crippen LogP contribution is 2.67. The van der Waals surface area contributed by atoms with Gasteiger partial charge < -0.3 is 0 Å². The molecule has 4 aliphatic carbocycles. The Hall–Kier alpha value is -0.260. The van der Waals surface area contributed by atoms with Crippen molar-refractivity contribution in [3.63, 3.8) is 0 Å². The molecule has 4 rings (SSSR count). The maximum absolute atomic E-state index is 2.74. The SMILES string of the molecule is CC(C)CCC[C@@H](C)C1CCC2C3CC=C4CCCCC4(C)C3CCC21C. The van der Waals surface area contributed by atoms with Gasteiger partial charge in [-0.1, -0.05) is 72.0 Å². The highest BCUT2D eigenvalue weighted by atomic mass is 14.6. The van der Waals surface area contributed by atoms with Crippen molar-refractivity contribution in [3.05, 3.63) is 11.6 Å². The minimum atomic E-state index is 0.573. The van der Waals surface area contributed by atoms with E-state index in [-0.39, 0.29) is 0 Å². The van der Waals surface area contributed by atoms with Gasteiger partial charge in [0.15, 0.2) is 0 Å².